The van der Waals surface area contributed by atoms with Crippen molar-refractivity contribution in [1.29, 1.82) is 0 Å². The minimum atomic E-state index is -0.284. The van der Waals surface area contributed by atoms with Crippen molar-refractivity contribution in [3.63, 3.8) is 0 Å². The van der Waals surface area contributed by atoms with Gasteiger partial charge >= 0.3 is 0 Å². The zero-order valence-electron chi connectivity index (χ0n) is 13.3. The predicted octanol–water partition coefficient (Wildman–Crippen LogP) is 3.48. The van der Waals surface area contributed by atoms with E-state index in [0.717, 1.165) is 37.7 Å². The van der Waals surface area contributed by atoms with Crippen molar-refractivity contribution in [1.82, 2.24) is 5.32 Å². The van der Waals surface area contributed by atoms with Crippen LogP contribution in [0.3, 0.4) is 0 Å². The van der Waals surface area contributed by atoms with Crippen molar-refractivity contribution >= 4 is 5.91 Å². The van der Waals surface area contributed by atoms with Gasteiger partial charge in [-0.2, -0.15) is 0 Å². The average molecular weight is 288 g/mol. The predicted molar refractivity (Wildman–Crippen MR) is 87.0 cm³/mol. The van der Waals surface area contributed by atoms with E-state index in [9.17, 15) is 4.79 Å². The van der Waals surface area contributed by atoms with Crippen molar-refractivity contribution < 1.29 is 4.79 Å². The van der Waals surface area contributed by atoms with E-state index in [1.54, 1.807) is 0 Å². The Morgan fingerprint density at radius 3 is 2.43 bits per heavy atom. The molecule has 0 spiro atoms. The van der Waals surface area contributed by atoms with Crippen LogP contribution < -0.4 is 11.1 Å². The molecule has 0 heterocycles. The summed E-state index contributed by atoms with van der Waals surface area (Å²) in [7, 11) is 0. The molecule has 0 bridgehead atoms. The smallest absolute Gasteiger partial charge is 0.222 e. The number of hydrogen-bond donors (Lipinski definition) is 2. The fraction of sp³-hybridized carbons (Fsp3) is 0.611. The average Bonchev–Trinajstić information content (AvgIpc) is 2.47. The summed E-state index contributed by atoms with van der Waals surface area (Å²) in [6.45, 7) is 4.17. The Hall–Kier alpha value is -1.35. The number of rotatable bonds is 5. The third kappa shape index (κ3) is 4.57. The summed E-state index contributed by atoms with van der Waals surface area (Å²) in [4.78, 5) is 12.2. The topological polar surface area (TPSA) is 55.1 Å². The van der Waals surface area contributed by atoms with E-state index >= 15 is 0 Å². The van der Waals surface area contributed by atoms with Gasteiger partial charge in [0, 0.05) is 12.0 Å². The Bertz CT molecular complexity index is 461. The van der Waals surface area contributed by atoms with Crippen molar-refractivity contribution in [3.05, 3.63) is 35.4 Å². The Balaban J connectivity index is 1.88. The quantitative estimate of drug-likeness (QED) is 0.871. The number of aryl methyl sites for hydroxylation is 1. The third-order valence-corrected chi connectivity index (χ3v) is 4.63. The van der Waals surface area contributed by atoms with Crippen LogP contribution in [-0.4, -0.2) is 11.4 Å². The lowest BCUT2D eigenvalue weighted by Gasteiger charge is -2.33. The van der Waals surface area contributed by atoms with Crippen LogP contribution in [0.25, 0.3) is 0 Å². The maximum absolute atomic E-state index is 12.2. The largest absolute Gasteiger partial charge is 0.350 e. The summed E-state index contributed by atoms with van der Waals surface area (Å²) in [5, 5.41) is 3.09. The minimum Gasteiger partial charge on any atom is -0.350 e. The van der Waals surface area contributed by atoms with E-state index in [1.807, 2.05) is 6.92 Å². The van der Waals surface area contributed by atoms with Crippen LogP contribution in [0.1, 0.15) is 69.5 Å². The summed E-state index contributed by atoms with van der Waals surface area (Å²) in [6.07, 6.45) is 6.98. The second-order valence-corrected chi connectivity index (χ2v) is 6.48. The van der Waals surface area contributed by atoms with Gasteiger partial charge in [-0.05, 0) is 37.3 Å². The molecule has 116 valence electrons. The number of hydrogen-bond acceptors (Lipinski definition) is 2. The highest BCUT2D eigenvalue weighted by Crippen LogP contribution is 2.28. The summed E-state index contributed by atoms with van der Waals surface area (Å²) >= 11 is 0. The van der Waals surface area contributed by atoms with Crippen molar-refractivity contribution in [3.8, 4) is 0 Å². The van der Waals surface area contributed by atoms with Crippen LogP contribution in [-0.2, 0) is 11.2 Å². The van der Waals surface area contributed by atoms with Gasteiger partial charge in [0.25, 0.3) is 0 Å². The number of nitrogens with two attached hydrogens (primary N) is 1. The molecule has 1 aromatic rings. The Morgan fingerprint density at radius 2 is 1.86 bits per heavy atom. The zero-order chi connectivity index (χ0) is 15.3. The molecule has 1 aliphatic carbocycles. The standard InChI is InChI=1S/C18H28N2O/c1-3-15-7-9-16(10-8-15)14(2)20-17(21)13-18(19)11-5-4-6-12-18/h7-10,14H,3-6,11-13,19H2,1-2H3,(H,20,21). The van der Waals surface area contributed by atoms with Crippen molar-refractivity contribution in [2.24, 2.45) is 5.73 Å². The van der Waals surface area contributed by atoms with Gasteiger partial charge in [-0.1, -0.05) is 50.5 Å². The molecule has 3 heteroatoms. The molecule has 0 saturated heterocycles. The van der Waals surface area contributed by atoms with Gasteiger partial charge < -0.3 is 11.1 Å². The molecule has 3 N–H and O–H groups in total. The lowest BCUT2D eigenvalue weighted by molar-refractivity contribution is -0.123. The molecule has 0 aromatic heterocycles. The fourth-order valence-corrected chi connectivity index (χ4v) is 3.17. The van der Waals surface area contributed by atoms with E-state index in [2.05, 4.69) is 36.5 Å². The molecule has 1 atom stereocenters. The van der Waals surface area contributed by atoms with Crippen molar-refractivity contribution in [2.45, 2.75) is 70.4 Å². The SMILES string of the molecule is CCc1ccc(C(C)NC(=O)CC2(N)CCCCC2)cc1. The Morgan fingerprint density at radius 1 is 1.24 bits per heavy atom. The van der Waals surface area contributed by atoms with Crippen LogP contribution in [0.15, 0.2) is 24.3 Å². The highest BCUT2D eigenvalue weighted by Gasteiger charge is 2.30. The molecule has 0 radical (unpaired) electrons. The number of carbonyl (C=O) groups excluding carboxylic acids is 1. The maximum Gasteiger partial charge on any atom is 0.222 e. The summed E-state index contributed by atoms with van der Waals surface area (Å²) in [6, 6.07) is 8.49. The van der Waals surface area contributed by atoms with E-state index in [1.165, 1.54) is 12.0 Å². The molecule has 1 fully saturated rings. The molecular weight excluding hydrogens is 260 g/mol. The molecule has 21 heavy (non-hydrogen) atoms. The summed E-state index contributed by atoms with van der Waals surface area (Å²) in [5.74, 6) is 0.0754. The minimum absolute atomic E-state index is 0.0376. The van der Waals surface area contributed by atoms with E-state index in [4.69, 9.17) is 5.73 Å². The Kier molecular flexibility index (Phi) is 5.40. The summed E-state index contributed by atoms with van der Waals surface area (Å²) < 4.78 is 0. The maximum atomic E-state index is 12.2. The molecular formula is C18H28N2O. The van der Waals surface area contributed by atoms with Crippen LogP contribution in [0.4, 0.5) is 0 Å². The fourth-order valence-electron chi connectivity index (χ4n) is 3.17. The summed E-state index contributed by atoms with van der Waals surface area (Å²) in [5.41, 5.74) is 8.54. The highest BCUT2D eigenvalue weighted by atomic mass is 16.1. The van der Waals surface area contributed by atoms with E-state index in [-0.39, 0.29) is 17.5 Å². The second-order valence-electron chi connectivity index (χ2n) is 6.48. The highest BCUT2D eigenvalue weighted by molar-refractivity contribution is 5.77. The Labute approximate surface area is 128 Å². The second kappa shape index (κ2) is 7.08. The number of benzene rings is 1. The van der Waals surface area contributed by atoms with Gasteiger partial charge in [-0.25, -0.2) is 0 Å². The van der Waals surface area contributed by atoms with Gasteiger partial charge in [0.05, 0.1) is 6.04 Å². The molecule has 1 aromatic carbocycles. The number of carbonyl (C=O) groups is 1. The van der Waals surface area contributed by atoms with Gasteiger partial charge in [0.2, 0.25) is 5.91 Å². The first-order valence-corrected chi connectivity index (χ1v) is 8.19. The normalized spacial score (nSPS) is 19.0. The molecule has 1 unspecified atom stereocenters. The first-order chi connectivity index (χ1) is 10.0. The van der Waals surface area contributed by atoms with Crippen LogP contribution in [0.5, 0.6) is 0 Å². The van der Waals surface area contributed by atoms with Crippen molar-refractivity contribution in [2.75, 3.05) is 0 Å². The zero-order valence-corrected chi connectivity index (χ0v) is 13.3. The molecule has 1 amide bonds. The number of amides is 1. The lowest BCUT2D eigenvalue weighted by Crippen LogP contribution is -2.46. The monoisotopic (exact) mass is 288 g/mol. The third-order valence-electron chi connectivity index (χ3n) is 4.63. The molecule has 1 aliphatic rings. The van der Waals surface area contributed by atoms with Gasteiger partial charge in [0.15, 0.2) is 0 Å². The first-order valence-electron chi connectivity index (χ1n) is 8.19. The number of nitrogens with one attached hydrogen (secondary N) is 1. The molecule has 2 rings (SSSR count). The first kappa shape index (κ1) is 16.0. The van der Waals surface area contributed by atoms with Crippen LogP contribution in [0, 0.1) is 0 Å². The van der Waals surface area contributed by atoms with E-state index in [0.29, 0.717) is 6.42 Å². The van der Waals surface area contributed by atoms with Gasteiger partial charge in [0.1, 0.15) is 0 Å². The van der Waals surface area contributed by atoms with E-state index < -0.39 is 0 Å². The van der Waals surface area contributed by atoms with Gasteiger partial charge in [-0.15, -0.1) is 0 Å². The molecule has 3 nitrogen and oxygen atoms in total. The van der Waals surface area contributed by atoms with Gasteiger partial charge in [-0.3, -0.25) is 4.79 Å². The molecule has 1 saturated carbocycles. The molecule has 0 aliphatic heterocycles. The lowest BCUT2D eigenvalue weighted by atomic mass is 9.80. The van der Waals surface area contributed by atoms with Crippen LogP contribution in [0.2, 0.25) is 0 Å². The van der Waals surface area contributed by atoms with Crippen LogP contribution >= 0.6 is 0 Å².